The lowest BCUT2D eigenvalue weighted by Gasteiger charge is -2.16. The van der Waals surface area contributed by atoms with Gasteiger partial charge in [0.2, 0.25) is 11.8 Å². The Hall–Kier alpha value is -2.04. The summed E-state index contributed by atoms with van der Waals surface area (Å²) in [5.41, 5.74) is 1.88. The molecule has 0 radical (unpaired) electrons. The first kappa shape index (κ1) is 12.4. The molecule has 1 aromatic rings. The zero-order chi connectivity index (χ0) is 13.0. The van der Waals surface area contributed by atoms with Gasteiger partial charge in [0.05, 0.1) is 7.11 Å². The second kappa shape index (κ2) is 5.53. The largest absolute Gasteiger partial charge is 0.480 e. The van der Waals surface area contributed by atoms with E-state index in [1.165, 1.54) is 7.11 Å². The van der Waals surface area contributed by atoms with Crippen LogP contribution in [0.5, 0.6) is 0 Å². The van der Waals surface area contributed by atoms with Crippen LogP contribution in [0.15, 0.2) is 29.4 Å². The first-order chi connectivity index (χ1) is 8.74. The van der Waals surface area contributed by atoms with Crippen molar-refractivity contribution in [3.63, 3.8) is 0 Å². The maximum atomic E-state index is 11.6. The second-order valence-electron chi connectivity index (χ2n) is 4.26. The van der Waals surface area contributed by atoms with Crippen molar-refractivity contribution in [3.05, 3.63) is 35.4 Å². The van der Waals surface area contributed by atoms with Crippen molar-refractivity contribution in [2.75, 3.05) is 13.7 Å². The molecule has 0 bridgehead atoms. The van der Waals surface area contributed by atoms with Crippen LogP contribution in [0, 0.1) is 0 Å². The Bertz CT molecular complexity index is 471. The number of benzene rings is 1. The molecule has 0 aliphatic carbocycles. The molecule has 2 N–H and O–H groups in total. The van der Waals surface area contributed by atoms with Crippen LogP contribution in [0.3, 0.4) is 0 Å². The lowest BCUT2D eigenvalue weighted by atomic mass is 10.1. The highest BCUT2D eigenvalue weighted by molar-refractivity contribution is 5.94. The summed E-state index contributed by atoms with van der Waals surface area (Å²) in [5, 5.41) is 3.58. The fourth-order valence-electron chi connectivity index (χ4n) is 2.14. The number of hydrogen-bond acceptors (Lipinski definition) is 4. The SMILES string of the molecule is COC(=NN)c1cccc(CN2CCCC2=O)c1. The number of likely N-dealkylation sites (tertiary alicyclic amines) is 1. The summed E-state index contributed by atoms with van der Waals surface area (Å²) >= 11 is 0. The normalized spacial score (nSPS) is 16.2. The third kappa shape index (κ3) is 2.61. The first-order valence-corrected chi connectivity index (χ1v) is 5.93. The summed E-state index contributed by atoms with van der Waals surface area (Å²) in [6.07, 6.45) is 1.61. The molecule has 1 saturated heterocycles. The molecule has 0 spiro atoms. The smallest absolute Gasteiger partial charge is 0.237 e. The molecule has 1 aliphatic rings. The van der Waals surface area contributed by atoms with Crippen LogP contribution < -0.4 is 5.84 Å². The van der Waals surface area contributed by atoms with Gasteiger partial charge in [0.15, 0.2) is 0 Å². The van der Waals surface area contributed by atoms with Gasteiger partial charge < -0.3 is 15.5 Å². The first-order valence-electron chi connectivity index (χ1n) is 5.93. The molecular formula is C13H17N3O2. The Morgan fingerprint density at radius 2 is 2.39 bits per heavy atom. The zero-order valence-corrected chi connectivity index (χ0v) is 10.4. The standard InChI is InChI=1S/C13H17N3O2/c1-18-13(15-14)11-5-2-4-10(8-11)9-16-7-3-6-12(16)17/h2,4-5,8H,3,6-7,9,14H2,1H3. The molecule has 0 atom stereocenters. The Labute approximate surface area is 106 Å². The number of amides is 1. The molecule has 1 aliphatic heterocycles. The van der Waals surface area contributed by atoms with Gasteiger partial charge in [0.25, 0.3) is 0 Å². The average molecular weight is 247 g/mol. The van der Waals surface area contributed by atoms with Crippen molar-refractivity contribution in [1.82, 2.24) is 4.90 Å². The molecule has 0 unspecified atom stereocenters. The highest BCUT2D eigenvalue weighted by Gasteiger charge is 2.20. The molecule has 5 nitrogen and oxygen atoms in total. The molecule has 0 saturated carbocycles. The van der Waals surface area contributed by atoms with E-state index in [1.807, 2.05) is 29.2 Å². The number of nitrogens with zero attached hydrogens (tertiary/aromatic N) is 2. The number of nitrogens with two attached hydrogens (primary N) is 1. The van der Waals surface area contributed by atoms with E-state index < -0.39 is 0 Å². The maximum Gasteiger partial charge on any atom is 0.237 e. The van der Waals surface area contributed by atoms with Crippen LogP contribution in [0.2, 0.25) is 0 Å². The minimum atomic E-state index is 0.222. The van der Waals surface area contributed by atoms with Gasteiger partial charge in [-0.05, 0) is 24.1 Å². The molecule has 5 heteroatoms. The number of ether oxygens (including phenoxy) is 1. The molecule has 1 heterocycles. The van der Waals surface area contributed by atoms with E-state index in [0.717, 1.165) is 24.1 Å². The summed E-state index contributed by atoms with van der Waals surface area (Å²) in [4.78, 5) is 13.4. The number of carbonyl (C=O) groups is 1. The predicted molar refractivity (Wildman–Crippen MR) is 68.8 cm³/mol. The predicted octanol–water partition coefficient (Wildman–Crippen LogP) is 1.08. The topological polar surface area (TPSA) is 67.9 Å². The summed E-state index contributed by atoms with van der Waals surface area (Å²) < 4.78 is 5.08. The number of hydrogen-bond donors (Lipinski definition) is 1. The Kier molecular flexibility index (Phi) is 3.82. The average Bonchev–Trinajstić information content (AvgIpc) is 2.77. The van der Waals surface area contributed by atoms with Gasteiger partial charge >= 0.3 is 0 Å². The summed E-state index contributed by atoms with van der Waals surface area (Å²) in [7, 11) is 1.53. The Morgan fingerprint density at radius 1 is 1.56 bits per heavy atom. The highest BCUT2D eigenvalue weighted by Crippen LogP contribution is 2.15. The third-order valence-electron chi connectivity index (χ3n) is 3.03. The minimum absolute atomic E-state index is 0.222. The van der Waals surface area contributed by atoms with Crippen molar-refractivity contribution in [2.24, 2.45) is 10.9 Å². The Balaban J connectivity index is 2.14. The van der Waals surface area contributed by atoms with Crippen molar-refractivity contribution < 1.29 is 9.53 Å². The van der Waals surface area contributed by atoms with Gasteiger partial charge in [-0.2, -0.15) is 0 Å². The number of rotatable bonds is 3. The lowest BCUT2D eigenvalue weighted by molar-refractivity contribution is -0.128. The van der Waals surface area contributed by atoms with Crippen LogP contribution in [0.4, 0.5) is 0 Å². The van der Waals surface area contributed by atoms with E-state index >= 15 is 0 Å². The van der Waals surface area contributed by atoms with E-state index in [1.54, 1.807) is 0 Å². The molecule has 1 fully saturated rings. The number of methoxy groups -OCH3 is 1. The molecule has 96 valence electrons. The fourth-order valence-corrected chi connectivity index (χ4v) is 2.14. The zero-order valence-electron chi connectivity index (χ0n) is 10.4. The van der Waals surface area contributed by atoms with Gasteiger partial charge in [-0.15, -0.1) is 5.10 Å². The van der Waals surface area contributed by atoms with Crippen molar-refractivity contribution in [1.29, 1.82) is 0 Å². The van der Waals surface area contributed by atoms with Gasteiger partial charge in [-0.25, -0.2) is 0 Å². The summed E-state index contributed by atoms with van der Waals surface area (Å²) in [6, 6.07) is 7.72. The third-order valence-corrected chi connectivity index (χ3v) is 3.03. The van der Waals surface area contributed by atoms with E-state index in [2.05, 4.69) is 5.10 Å². The van der Waals surface area contributed by atoms with Crippen LogP contribution in [-0.4, -0.2) is 30.4 Å². The summed E-state index contributed by atoms with van der Waals surface area (Å²) in [6.45, 7) is 1.47. The quantitative estimate of drug-likeness (QED) is 0.376. The summed E-state index contributed by atoms with van der Waals surface area (Å²) in [5.74, 6) is 5.86. The molecule has 18 heavy (non-hydrogen) atoms. The molecule has 2 rings (SSSR count). The maximum absolute atomic E-state index is 11.6. The van der Waals surface area contributed by atoms with E-state index in [4.69, 9.17) is 10.6 Å². The van der Waals surface area contributed by atoms with Gasteiger partial charge in [0, 0.05) is 25.1 Å². The lowest BCUT2D eigenvalue weighted by Crippen LogP contribution is -2.24. The number of hydrazone groups is 1. The Morgan fingerprint density at radius 3 is 3.00 bits per heavy atom. The molecular weight excluding hydrogens is 230 g/mol. The van der Waals surface area contributed by atoms with Gasteiger partial charge in [-0.1, -0.05) is 12.1 Å². The fraction of sp³-hybridized carbons (Fsp3) is 0.385. The van der Waals surface area contributed by atoms with Crippen molar-refractivity contribution in [2.45, 2.75) is 19.4 Å². The van der Waals surface area contributed by atoms with Crippen molar-refractivity contribution >= 4 is 11.8 Å². The molecule has 0 aromatic heterocycles. The monoisotopic (exact) mass is 247 g/mol. The van der Waals surface area contributed by atoms with Crippen LogP contribution in [0.25, 0.3) is 0 Å². The highest BCUT2D eigenvalue weighted by atomic mass is 16.5. The second-order valence-corrected chi connectivity index (χ2v) is 4.26. The van der Waals surface area contributed by atoms with Crippen LogP contribution in [-0.2, 0) is 16.1 Å². The number of carbonyl (C=O) groups excluding carboxylic acids is 1. The molecule has 1 amide bonds. The molecule has 1 aromatic carbocycles. The van der Waals surface area contributed by atoms with Gasteiger partial charge in [0.1, 0.15) is 0 Å². The van der Waals surface area contributed by atoms with Gasteiger partial charge in [-0.3, -0.25) is 4.79 Å². The minimum Gasteiger partial charge on any atom is -0.480 e. The van der Waals surface area contributed by atoms with Crippen LogP contribution in [0.1, 0.15) is 24.0 Å². The van der Waals surface area contributed by atoms with Crippen LogP contribution >= 0.6 is 0 Å². The van der Waals surface area contributed by atoms with E-state index in [-0.39, 0.29) is 5.91 Å². The van der Waals surface area contributed by atoms with E-state index in [9.17, 15) is 4.79 Å². The van der Waals surface area contributed by atoms with E-state index in [0.29, 0.717) is 18.9 Å². The van der Waals surface area contributed by atoms with Crippen molar-refractivity contribution in [3.8, 4) is 0 Å².